The van der Waals surface area contributed by atoms with Crippen molar-refractivity contribution in [3.05, 3.63) is 24.3 Å². The van der Waals surface area contributed by atoms with Crippen LogP contribution in [0.4, 0.5) is 0 Å². The van der Waals surface area contributed by atoms with Crippen LogP contribution in [0.2, 0.25) is 0 Å². The predicted octanol–water partition coefficient (Wildman–Crippen LogP) is 2.28. The van der Waals surface area contributed by atoms with Crippen LogP contribution < -0.4 is 0 Å². The van der Waals surface area contributed by atoms with Gasteiger partial charge in [-0.15, -0.1) is 0 Å². The fourth-order valence-electron chi connectivity index (χ4n) is 2.71. The molecule has 0 radical (unpaired) electrons. The number of fused-ring (bicyclic) bond motifs is 1. The maximum Gasteiger partial charge on any atom is 0.0699 e. The Morgan fingerprint density at radius 2 is 2.40 bits per heavy atom. The average Bonchev–Trinajstić information content (AvgIpc) is 2.56. The zero-order valence-corrected chi connectivity index (χ0v) is 9.74. The van der Waals surface area contributed by atoms with Gasteiger partial charge >= 0.3 is 0 Å². The second kappa shape index (κ2) is 4.31. The molecular weight excluding hydrogens is 184 g/mol. The van der Waals surface area contributed by atoms with E-state index in [2.05, 4.69) is 31.5 Å². The lowest BCUT2D eigenvalue weighted by molar-refractivity contribution is 0.220. The molecule has 2 heterocycles. The van der Waals surface area contributed by atoms with Crippen LogP contribution in [0, 0.1) is 5.92 Å². The third-order valence-electron chi connectivity index (χ3n) is 3.47. The van der Waals surface area contributed by atoms with E-state index in [9.17, 15) is 0 Å². The van der Waals surface area contributed by atoms with E-state index < -0.39 is 0 Å². The Kier molecular flexibility index (Phi) is 3.06. The molecule has 2 nitrogen and oxygen atoms in total. The minimum Gasteiger partial charge on any atom is -0.304 e. The number of likely N-dealkylation sites (tertiary alicyclic amines) is 1. The van der Waals surface area contributed by atoms with Crippen molar-refractivity contribution in [3.8, 4) is 0 Å². The number of likely N-dealkylation sites (N-methyl/N-ethyl adjacent to an activating group) is 1. The lowest BCUT2D eigenvalue weighted by atomic mass is 9.86. The molecule has 0 N–H and O–H groups in total. The maximum atomic E-state index is 4.84. The second-order valence-electron chi connectivity index (χ2n) is 4.51. The highest BCUT2D eigenvalue weighted by Gasteiger charge is 2.36. The van der Waals surface area contributed by atoms with Gasteiger partial charge in [-0.2, -0.15) is 0 Å². The summed E-state index contributed by atoms with van der Waals surface area (Å²) in [5, 5.41) is 0. The molecule has 2 aliphatic heterocycles. The molecule has 15 heavy (non-hydrogen) atoms. The predicted molar refractivity (Wildman–Crippen MR) is 65.4 cm³/mol. The van der Waals surface area contributed by atoms with Gasteiger partial charge in [-0.05, 0) is 32.0 Å². The van der Waals surface area contributed by atoms with Crippen molar-refractivity contribution >= 4 is 5.71 Å². The smallest absolute Gasteiger partial charge is 0.0699 e. The van der Waals surface area contributed by atoms with Crippen molar-refractivity contribution in [1.82, 2.24) is 4.90 Å². The highest BCUT2D eigenvalue weighted by Crippen LogP contribution is 2.34. The van der Waals surface area contributed by atoms with Gasteiger partial charge in [0.2, 0.25) is 0 Å². The van der Waals surface area contributed by atoms with E-state index in [0.29, 0.717) is 12.0 Å². The highest BCUT2D eigenvalue weighted by atomic mass is 15.1. The van der Waals surface area contributed by atoms with Crippen LogP contribution in [0.1, 0.15) is 19.8 Å². The lowest BCUT2D eigenvalue weighted by Crippen LogP contribution is -2.39. The standard InChI is InChI=1S/C13H20N2/c1-4-6-10-11-7-8-15(3)9-13(11)14-12(10)5-2/h4,6,11,13H,1,5,7-9H2,2-3H3/b10-6-. The van der Waals surface area contributed by atoms with Gasteiger partial charge in [0.05, 0.1) is 6.04 Å². The molecule has 0 bridgehead atoms. The fraction of sp³-hybridized carbons (Fsp3) is 0.615. The van der Waals surface area contributed by atoms with Crippen molar-refractivity contribution in [3.63, 3.8) is 0 Å². The summed E-state index contributed by atoms with van der Waals surface area (Å²) in [6.45, 7) is 8.31. The summed E-state index contributed by atoms with van der Waals surface area (Å²) in [7, 11) is 2.19. The molecule has 2 atom stereocenters. The van der Waals surface area contributed by atoms with E-state index in [-0.39, 0.29) is 0 Å². The number of aliphatic imine (C=N–C) groups is 1. The molecule has 1 saturated heterocycles. The third kappa shape index (κ3) is 1.91. The van der Waals surface area contributed by atoms with Crippen molar-refractivity contribution in [2.75, 3.05) is 20.1 Å². The van der Waals surface area contributed by atoms with Crippen LogP contribution in [-0.2, 0) is 0 Å². The first-order valence-corrected chi connectivity index (χ1v) is 5.84. The van der Waals surface area contributed by atoms with Gasteiger partial charge in [0, 0.05) is 18.2 Å². The molecule has 0 aromatic rings. The summed E-state index contributed by atoms with van der Waals surface area (Å²) in [6.07, 6.45) is 6.36. The first-order chi connectivity index (χ1) is 7.26. The van der Waals surface area contributed by atoms with Gasteiger partial charge in [-0.1, -0.05) is 25.7 Å². The molecule has 0 aromatic carbocycles. The molecule has 2 unspecified atom stereocenters. The summed E-state index contributed by atoms with van der Waals surface area (Å²) >= 11 is 0. The Morgan fingerprint density at radius 1 is 1.60 bits per heavy atom. The van der Waals surface area contributed by atoms with Gasteiger partial charge in [-0.25, -0.2) is 0 Å². The number of allylic oxidation sites excluding steroid dienone is 2. The summed E-state index contributed by atoms with van der Waals surface area (Å²) in [6, 6.07) is 0.505. The molecule has 0 spiro atoms. The largest absolute Gasteiger partial charge is 0.304 e. The van der Waals surface area contributed by atoms with Crippen LogP contribution in [0.15, 0.2) is 29.3 Å². The molecule has 0 saturated carbocycles. The second-order valence-corrected chi connectivity index (χ2v) is 4.51. The number of rotatable bonds is 2. The monoisotopic (exact) mass is 204 g/mol. The first-order valence-electron chi connectivity index (χ1n) is 5.84. The topological polar surface area (TPSA) is 15.6 Å². The molecule has 0 amide bonds. The maximum absolute atomic E-state index is 4.84. The van der Waals surface area contributed by atoms with Gasteiger partial charge in [0.15, 0.2) is 0 Å². The number of piperidine rings is 1. The molecule has 0 aliphatic carbocycles. The van der Waals surface area contributed by atoms with Crippen LogP contribution in [0.5, 0.6) is 0 Å². The zero-order chi connectivity index (χ0) is 10.8. The molecule has 2 rings (SSSR count). The van der Waals surface area contributed by atoms with Crippen LogP contribution >= 0.6 is 0 Å². The van der Waals surface area contributed by atoms with Crippen molar-refractivity contribution in [1.29, 1.82) is 0 Å². The third-order valence-corrected chi connectivity index (χ3v) is 3.47. The van der Waals surface area contributed by atoms with Crippen molar-refractivity contribution in [2.45, 2.75) is 25.8 Å². The Labute approximate surface area is 92.4 Å². The summed E-state index contributed by atoms with van der Waals surface area (Å²) in [5.41, 5.74) is 2.76. The molecule has 1 fully saturated rings. The van der Waals surface area contributed by atoms with Gasteiger partial charge in [0.25, 0.3) is 0 Å². The molecular formula is C13H20N2. The average molecular weight is 204 g/mol. The lowest BCUT2D eigenvalue weighted by Gasteiger charge is -2.31. The summed E-state index contributed by atoms with van der Waals surface area (Å²) in [5.74, 6) is 0.661. The van der Waals surface area contributed by atoms with Crippen LogP contribution in [-0.4, -0.2) is 36.8 Å². The Morgan fingerprint density at radius 3 is 3.07 bits per heavy atom. The van der Waals surface area contributed by atoms with Crippen molar-refractivity contribution < 1.29 is 0 Å². The minimum atomic E-state index is 0.505. The van der Waals surface area contributed by atoms with E-state index >= 15 is 0 Å². The van der Waals surface area contributed by atoms with Gasteiger partial charge in [0.1, 0.15) is 0 Å². The van der Waals surface area contributed by atoms with E-state index in [1.807, 2.05) is 6.08 Å². The van der Waals surface area contributed by atoms with Crippen molar-refractivity contribution in [2.24, 2.45) is 10.9 Å². The SMILES string of the molecule is C=C/C=C1\C(CC)=NC2CN(C)CCC12. The quantitative estimate of drug-likeness (QED) is 0.674. The first kappa shape index (κ1) is 10.6. The Bertz CT molecular complexity index is 314. The van der Waals surface area contributed by atoms with E-state index in [1.54, 1.807) is 0 Å². The van der Waals surface area contributed by atoms with Gasteiger partial charge < -0.3 is 4.90 Å². The minimum absolute atomic E-state index is 0.505. The molecule has 0 aromatic heterocycles. The Balaban J connectivity index is 2.23. The molecule has 2 aliphatic rings. The van der Waals surface area contributed by atoms with Crippen LogP contribution in [0.25, 0.3) is 0 Å². The Hall–Kier alpha value is -0.890. The fourth-order valence-corrected chi connectivity index (χ4v) is 2.71. The van der Waals surface area contributed by atoms with Crippen LogP contribution in [0.3, 0.4) is 0 Å². The van der Waals surface area contributed by atoms with E-state index in [0.717, 1.165) is 13.0 Å². The number of hydrogen-bond donors (Lipinski definition) is 0. The highest BCUT2D eigenvalue weighted by molar-refractivity contribution is 6.02. The molecule has 82 valence electrons. The van der Waals surface area contributed by atoms with Gasteiger partial charge in [-0.3, -0.25) is 4.99 Å². The van der Waals surface area contributed by atoms with E-state index in [1.165, 1.54) is 24.3 Å². The van der Waals surface area contributed by atoms with E-state index in [4.69, 9.17) is 4.99 Å². The summed E-state index contributed by atoms with van der Waals surface area (Å²) in [4.78, 5) is 7.22. The number of hydrogen-bond acceptors (Lipinski definition) is 2. The number of nitrogens with zero attached hydrogens (tertiary/aromatic N) is 2. The zero-order valence-electron chi connectivity index (χ0n) is 9.74. The normalized spacial score (nSPS) is 34.0. The summed E-state index contributed by atoms with van der Waals surface area (Å²) < 4.78 is 0. The molecule has 2 heteroatoms.